The van der Waals surface area contributed by atoms with Gasteiger partial charge in [0.05, 0.1) is 6.54 Å². The Morgan fingerprint density at radius 3 is 2.67 bits per heavy atom. The van der Waals surface area contributed by atoms with Gasteiger partial charge in [0.25, 0.3) is 5.56 Å². The number of aromatic amines is 1. The van der Waals surface area contributed by atoms with Crippen LogP contribution < -0.4 is 17.0 Å². The first-order chi connectivity index (χ1) is 9.92. The Bertz CT molecular complexity index is 808. The number of amides is 1. The van der Waals surface area contributed by atoms with Gasteiger partial charge in [0.2, 0.25) is 5.91 Å². The highest BCUT2D eigenvalue weighted by atomic mass is 19.1. The summed E-state index contributed by atoms with van der Waals surface area (Å²) >= 11 is 0. The summed E-state index contributed by atoms with van der Waals surface area (Å²) in [7, 11) is 0. The molecule has 1 aromatic heterocycles. The summed E-state index contributed by atoms with van der Waals surface area (Å²) in [5.74, 6) is -1.24. The molecule has 0 bridgehead atoms. The number of hydrogen-bond donors (Lipinski definition) is 2. The summed E-state index contributed by atoms with van der Waals surface area (Å²) in [6, 6.07) is 3.68. The normalized spacial score (nSPS) is 10.6. The van der Waals surface area contributed by atoms with Gasteiger partial charge in [0.15, 0.2) is 0 Å². The van der Waals surface area contributed by atoms with Gasteiger partial charge >= 0.3 is 5.69 Å². The topological polar surface area (TPSA) is 97.9 Å². The number of aromatic nitrogens is 2. The van der Waals surface area contributed by atoms with Crippen LogP contribution in [0.3, 0.4) is 0 Å². The highest BCUT2D eigenvalue weighted by molar-refractivity contribution is 5.92. The molecule has 7 heteroatoms. The van der Waals surface area contributed by atoms with Crippen molar-refractivity contribution in [3.05, 3.63) is 67.7 Å². The van der Waals surface area contributed by atoms with Crippen molar-refractivity contribution >= 4 is 5.91 Å². The van der Waals surface area contributed by atoms with Crippen molar-refractivity contribution in [1.29, 1.82) is 0 Å². The molecule has 0 saturated heterocycles. The average molecular weight is 291 g/mol. The molecule has 2 rings (SSSR count). The second-order valence-electron chi connectivity index (χ2n) is 4.57. The fraction of sp³-hybridized carbons (Fsp3) is 0.214. The van der Waals surface area contributed by atoms with Gasteiger partial charge in [0.1, 0.15) is 5.82 Å². The molecular weight excluding hydrogens is 277 g/mol. The zero-order valence-corrected chi connectivity index (χ0v) is 11.4. The van der Waals surface area contributed by atoms with E-state index in [-0.39, 0.29) is 17.7 Å². The van der Waals surface area contributed by atoms with Crippen molar-refractivity contribution in [3.8, 4) is 0 Å². The number of hydrogen-bond acceptors (Lipinski definition) is 3. The predicted octanol–water partition coefficient (Wildman–Crippen LogP) is 0.385. The molecular formula is C14H14FN3O3. The van der Waals surface area contributed by atoms with E-state index in [1.54, 1.807) is 6.92 Å². The minimum Gasteiger partial charge on any atom is -0.366 e. The largest absolute Gasteiger partial charge is 0.366 e. The summed E-state index contributed by atoms with van der Waals surface area (Å²) in [4.78, 5) is 36.5. The van der Waals surface area contributed by atoms with Crippen LogP contribution >= 0.6 is 0 Å². The first kappa shape index (κ1) is 14.7. The van der Waals surface area contributed by atoms with Crippen molar-refractivity contribution in [1.82, 2.24) is 9.55 Å². The van der Waals surface area contributed by atoms with E-state index >= 15 is 0 Å². The lowest BCUT2D eigenvalue weighted by Gasteiger charge is -2.09. The number of benzene rings is 1. The smallest absolute Gasteiger partial charge is 0.328 e. The number of carbonyl (C=O) groups excluding carboxylic acids is 1. The van der Waals surface area contributed by atoms with E-state index in [2.05, 4.69) is 4.98 Å². The van der Waals surface area contributed by atoms with Crippen molar-refractivity contribution < 1.29 is 9.18 Å². The van der Waals surface area contributed by atoms with Crippen molar-refractivity contribution in [2.75, 3.05) is 0 Å². The third-order valence-corrected chi connectivity index (χ3v) is 3.14. The molecule has 0 unspecified atom stereocenters. The third-order valence-electron chi connectivity index (χ3n) is 3.14. The van der Waals surface area contributed by atoms with E-state index in [0.29, 0.717) is 12.0 Å². The standard InChI is InChI=1S/C14H14FN3O3/c1-2-8-6-18(14(21)17-13(8)20)7-10-5-9(12(16)19)3-4-11(10)15/h3-6H,2,7H2,1H3,(H2,16,19)(H,17,20,21). The molecule has 0 saturated carbocycles. The third kappa shape index (κ3) is 3.07. The number of aryl methyl sites for hydroxylation is 1. The van der Waals surface area contributed by atoms with Crippen molar-refractivity contribution in [2.24, 2.45) is 5.73 Å². The molecule has 1 amide bonds. The lowest BCUT2D eigenvalue weighted by atomic mass is 10.1. The molecule has 0 radical (unpaired) electrons. The second kappa shape index (κ2) is 5.74. The Balaban J connectivity index is 2.47. The van der Waals surface area contributed by atoms with Crippen LogP contribution in [-0.2, 0) is 13.0 Å². The summed E-state index contributed by atoms with van der Waals surface area (Å²) in [6.07, 6.45) is 1.83. The maximum absolute atomic E-state index is 13.8. The first-order valence-electron chi connectivity index (χ1n) is 6.33. The van der Waals surface area contributed by atoms with Crippen LogP contribution in [0.4, 0.5) is 4.39 Å². The van der Waals surface area contributed by atoms with Crippen LogP contribution in [0.2, 0.25) is 0 Å². The van der Waals surface area contributed by atoms with Gasteiger partial charge in [-0.15, -0.1) is 0 Å². The maximum atomic E-state index is 13.8. The van der Waals surface area contributed by atoms with Crippen LogP contribution in [-0.4, -0.2) is 15.5 Å². The SMILES string of the molecule is CCc1cn(Cc2cc(C(N)=O)ccc2F)c(=O)[nH]c1=O. The van der Waals surface area contributed by atoms with Gasteiger partial charge in [-0.2, -0.15) is 0 Å². The van der Waals surface area contributed by atoms with Gasteiger partial charge in [-0.3, -0.25) is 19.1 Å². The molecule has 0 aliphatic carbocycles. The number of primary amides is 1. The van der Waals surface area contributed by atoms with E-state index < -0.39 is 23.0 Å². The van der Waals surface area contributed by atoms with E-state index in [9.17, 15) is 18.8 Å². The Kier molecular flexibility index (Phi) is 4.02. The molecule has 3 N–H and O–H groups in total. The van der Waals surface area contributed by atoms with Crippen molar-refractivity contribution in [3.63, 3.8) is 0 Å². The van der Waals surface area contributed by atoms with Crippen LogP contribution in [0.1, 0.15) is 28.4 Å². The summed E-state index contributed by atoms with van der Waals surface area (Å²) in [5.41, 5.74) is 4.76. The quantitative estimate of drug-likeness (QED) is 0.852. The zero-order chi connectivity index (χ0) is 15.6. The molecule has 0 aliphatic rings. The van der Waals surface area contributed by atoms with Gasteiger partial charge in [0, 0.05) is 22.9 Å². The van der Waals surface area contributed by atoms with Crippen LogP contribution in [0.15, 0.2) is 34.0 Å². The monoisotopic (exact) mass is 291 g/mol. The molecule has 0 atom stereocenters. The molecule has 1 heterocycles. The lowest BCUT2D eigenvalue weighted by Crippen LogP contribution is -2.32. The number of nitrogens with one attached hydrogen (secondary N) is 1. The summed E-state index contributed by atoms with van der Waals surface area (Å²) in [5, 5.41) is 0. The Morgan fingerprint density at radius 2 is 2.05 bits per heavy atom. The summed E-state index contributed by atoms with van der Waals surface area (Å²) in [6.45, 7) is 1.67. The minimum atomic E-state index is -0.681. The molecule has 0 aliphatic heterocycles. The summed E-state index contributed by atoms with van der Waals surface area (Å²) < 4.78 is 15.0. The molecule has 21 heavy (non-hydrogen) atoms. The van der Waals surface area contributed by atoms with Gasteiger partial charge in [-0.05, 0) is 24.6 Å². The Labute approximate surface area is 119 Å². The number of nitrogens with two attached hydrogens (primary N) is 1. The van der Waals surface area contributed by atoms with Crippen LogP contribution in [0.5, 0.6) is 0 Å². The first-order valence-corrected chi connectivity index (χ1v) is 6.33. The molecule has 2 aromatic rings. The van der Waals surface area contributed by atoms with Crippen LogP contribution in [0.25, 0.3) is 0 Å². The highest BCUT2D eigenvalue weighted by Crippen LogP contribution is 2.11. The number of rotatable bonds is 4. The van der Waals surface area contributed by atoms with E-state index in [0.717, 1.165) is 6.07 Å². The molecule has 0 fully saturated rings. The Morgan fingerprint density at radius 1 is 1.33 bits per heavy atom. The number of nitrogens with zero attached hydrogens (tertiary/aromatic N) is 1. The number of carbonyl (C=O) groups is 1. The number of H-pyrrole nitrogens is 1. The van der Waals surface area contributed by atoms with Crippen LogP contribution in [0, 0.1) is 5.82 Å². The Hall–Kier alpha value is -2.70. The molecule has 6 nitrogen and oxygen atoms in total. The molecule has 110 valence electrons. The lowest BCUT2D eigenvalue weighted by molar-refractivity contribution is 0.1000. The predicted molar refractivity (Wildman–Crippen MR) is 74.7 cm³/mol. The van der Waals surface area contributed by atoms with E-state index in [4.69, 9.17) is 5.73 Å². The molecule has 0 spiro atoms. The average Bonchev–Trinajstić information content (AvgIpc) is 2.43. The fourth-order valence-corrected chi connectivity index (χ4v) is 1.96. The minimum absolute atomic E-state index is 0.102. The fourth-order valence-electron chi connectivity index (χ4n) is 1.96. The molecule has 1 aromatic carbocycles. The second-order valence-corrected chi connectivity index (χ2v) is 4.57. The van der Waals surface area contributed by atoms with Gasteiger partial charge < -0.3 is 5.73 Å². The van der Waals surface area contributed by atoms with Crippen molar-refractivity contribution in [2.45, 2.75) is 19.9 Å². The number of halogens is 1. The van der Waals surface area contributed by atoms with Gasteiger partial charge in [-0.25, -0.2) is 9.18 Å². The zero-order valence-electron chi connectivity index (χ0n) is 11.4. The van der Waals surface area contributed by atoms with E-state index in [1.807, 2.05) is 0 Å². The maximum Gasteiger partial charge on any atom is 0.328 e. The van der Waals surface area contributed by atoms with Gasteiger partial charge in [-0.1, -0.05) is 6.92 Å². The van der Waals surface area contributed by atoms with E-state index in [1.165, 1.54) is 22.9 Å². The highest BCUT2D eigenvalue weighted by Gasteiger charge is 2.10.